The summed E-state index contributed by atoms with van der Waals surface area (Å²) >= 11 is 0. The van der Waals surface area contributed by atoms with Crippen LogP contribution in [0.5, 0.6) is 0 Å². The first-order valence-corrected chi connectivity index (χ1v) is 5.06. The molecule has 0 saturated heterocycles. The molecule has 1 aliphatic carbocycles. The Labute approximate surface area is 84.2 Å². The number of primary amides is 1. The first-order chi connectivity index (χ1) is 6.65. The third kappa shape index (κ3) is 2.73. The van der Waals surface area contributed by atoms with Gasteiger partial charge in [-0.15, -0.1) is 0 Å². The van der Waals surface area contributed by atoms with Gasteiger partial charge in [-0.05, 0) is 19.8 Å². The molecule has 0 aliphatic heterocycles. The molecule has 0 radical (unpaired) electrons. The Hall–Kier alpha value is -1.03. The molecule has 0 aromatic rings. The third-order valence-electron chi connectivity index (χ3n) is 2.62. The number of nitrogens with two attached hydrogens (primary N) is 1. The second-order valence-corrected chi connectivity index (χ2v) is 3.67. The molecule has 1 amide bonds. The fourth-order valence-electron chi connectivity index (χ4n) is 1.78. The van der Waals surface area contributed by atoms with Crippen LogP contribution < -0.4 is 11.1 Å². The number of nitrogens with one attached hydrogen (secondary N) is 1. The molecule has 1 fully saturated rings. The van der Waals surface area contributed by atoms with Crippen LogP contribution in [0.3, 0.4) is 0 Å². The molecule has 4 N–H and O–H groups in total. The summed E-state index contributed by atoms with van der Waals surface area (Å²) in [5, 5.41) is 12.6. The predicted molar refractivity (Wildman–Crippen MR) is 54.3 cm³/mol. The summed E-state index contributed by atoms with van der Waals surface area (Å²) in [6.45, 7) is 1.75. The van der Waals surface area contributed by atoms with Crippen molar-refractivity contribution in [1.82, 2.24) is 5.32 Å². The lowest BCUT2D eigenvalue weighted by atomic mass is 9.92. The van der Waals surface area contributed by atoms with Crippen molar-refractivity contribution >= 4 is 5.91 Å². The number of carbonyl (C=O) groups excluding carboxylic acids is 1. The highest BCUT2D eigenvalue weighted by Crippen LogP contribution is 2.19. The van der Waals surface area contributed by atoms with Crippen LogP contribution in [0, 0.1) is 0 Å². The summed E-state index contributed by atoms with van der Waals surface area (Å²) in [7, 11) is 0. The number of rotatable bonds is 3. The highest BCUT2D eigenvalue weighted by atomic mass is 16.3. The normalized spacial score (nSPS) is 28.6. The van der Waals surface area contributed by atoms with Crippen molar-refractivity contribution in [3.63, 3.8) is 0 Å². The van der Waals surface area contributed by atoms with E-state index in [0.29, 0.717) is 5.70 Å². The SMILES string of the molecule is CC=C(N[C@H]1CCCC[C@H]1O)C(N)=O. The van der Waals surface area contributed by atoms with E-state index < -0.39 is 5.91 Å². The molecule has 0 aromatic carbocycles. The van der Waals surface area contributed by atoms with E-state index in [0.717, 1.165) is 25.7 Å². The average Bonchev–Trinajstić information content (AvgIpc) is 2.16. The number of aliphatic hydroxyl groups is 1. The van der Waals surface area contributed by atoms with Gasteiger partial charge >= 0.3 is 0 Å². The van der Waals surface area contributed by atoms with Gasteiger partial charge in [0.25, 0.3) is 5.91 Å². The Kier molecular flexibility index (Phi) is 3.95. The maximum Gasteiger partial charge on any atom is 0.264 e. The first kappa shape index (κ1) is 11.0. The molecule has 4 heteroatoms. The molecular formula is C10H18N2O2. The number of allylic oxidation sites excluding steroid dienone is 1. The summed E-state index contributed by atoms with van der Waals surface area (Å²) in [6, 6.07) is -0.0255. The Bertz CT molecular complexity index is 238. The fraction of sp³-hybridized carbons (Fsp3) is 0.700. The zero-order chi connectivity index (χ0) is 10.6. The van der Waals surface area contributed by atoms with Crippen LogP contribution in [-0.2, 0) is 4.79 Å². The second-order valence-electron chi connectivity index (χ2n) is 3.67. The Balaban J connectivity index is 2.53. The van der Waals surface area contributed by atoms with E-state index in [1.165, 1.54) is 0 Å². The lowest BCUT2D eigenvalue weighted by Gasteiger charge is -2.29. The first-order valence-electron chi connectivity index (χ1n) is 5.06. The highest BCUT2D eigenvalue weighted by Gasteiger charge is 2.23. The Morgan fingerprint density at radius 1 is 1.50 bits per heavy atom. The van der Waals surface area contributed by atoms with Crippen LogP contribution in [0.1, 0.15) is 32.6 Å². The molecule has 0 aromatic heterocycles. The molecule has 1 rings (SSSR count). The minimum atomic E-state index is -0.467. The largest absolute Gasteiger partial charge is 0.391 e. The lowest BCUT2D eigenvalue weighted by Crippen LogP contribution is -2.44. The third-order valence-corrected chi connectivity index (χ3v) is 2.62. The van der Waals surface area contributed by atoms with Gasteiger partial charge in [0, 0.05) is 0 Å². The topological polar surface area (TPSA) is 75.3 Å². The van der Waals surface area contributed by atoms with Crippen molar-refractivity contribution in [1.29, 1.82) is 0 Å². The Morgan fingerprint density at radius 3 is 2.64 bits per heavy atom. The van der Waals surface area contributed by atoms with Gasteiger partial charge in [-0.25, -0.2) is 0 Å². The van der Waals surface area contributed by atoms with Gasteiger partial charge in [0.15, 0.2) is 0 Å². The number of amides is 1. The van der Waals surface area contributed by atoms with Gasteiger partial charge in [-0.1, -0.05) is 18.9 Å². The fourth-order valence-corrected chi connectivity index (χ4v) is 1.78. The van der Waals surface area contributed by atoms with Crippen molar-refractivity contribution in [2.24, 2.45) is 5.73 Å². The van der Waals surface area contributed by atoms with Crippen molar-refractivity contribution in [2.45, 2.75) is 44.8 Å². The van der Waals surface area contributed by atoms with Crippen molar-refractivity contribution in [2.75, 3.05) is 0 Å². The van der Waals surface area contributed by atoms with Crippen LogP contribution in [0.25, 0.3) is 0 Å². The molecule has 14 heavy (non-hydrogen) atoms. The molecular weight excluding hydrogens is 180 g/mol. The molecule has 0 unspecified atom stereocenters. The smallest absolute Gasteiger partial charge is 0.264 e. The quantitative estimate of drug-likeness (QED) is 0.570. The molecule has 0 bridgehead atoms. The van der Waals surface area contributed by atoms with Crippen LogP contribution in [0.15, 0.2) is 11.8 Å². The molecule has 1 saturated carbocycles. The lowest BCUT2D eigenvalue weighted by molar-refractivity contribution is -0.115. The minimum absolute atomic E-state index is 0.0255. The molecule has 1 aliphatic rings. The second kappa shape index (κ2) is 5.00. The van der Waals surface area contributed by atoms with Crippen LogP contribution in [0.4, 0.5) is 0 Å². The van der Waals surface area contributed by atoms with Crippen molar-refractivity contribution in [3.8, 4) is 0 Å². The van der Waals surface area contributed by atoms with E-state index in [1.807, 2.05) is 0 Å². The number of hydrogen-bond acceptors (Lipinski definition) is 3. The number of aliphatic hydroxyl groups excluding tert-OH is 1. The van der Waals surface area contributed by atoms with E-state index in [1.54, 1.807) is 13.0 Å². The van der Waals surface area contributed by atoms with Gasteiger partial charge in [-0.3, -0.25) is 4.79 Å². The van der Waals surface area contributed by atoms with E-state index >= 15 is 0 Å². The average molecular weight is 198 g/mol. The van der Waals surface area contributed by atoms with Crippen molar-refractivity contribution < 1.29 is 9.90 Å². The predicted octanol–water partition coefficient (Wildman–Crippen LogP) is 0.269. The van der Waals surface area contributed by atoms with Crippen LogP contribution in [-0.4, -0.2) is 23.2 Å². The van der Waals surface area contributed by atoms with E-state index in [-0.39, 0.29) is 12.1 Å². The maximum absolute atomic E-state index is 10.9. The van der Waals surface area contributed by atoms with E-state index in [2.05, 4.69) is 5.32 Å². The zero-order valence-electron chi connectivity index (χ0n) is 8.49. The minimum Gasteiger partial charge on any atom is -0.391 e. The zero-order valence-corrected chi connectivity index (χ0v) is 8.49. The standard InChI is InChI=1S/C10H18N2O2/c1-2-7(10(11)14)12-8-5-3-4-6-9(8)13/h2,8-9,12-13H,3-6H2,1H3,(H2,11,14)/t8-,9+/m0/s1. The molecule has 2 atom stereocenters. The summed E-state index contributed by atoms with van der Waals surface area (Å²) in [5.41, 5.74) is 5.56. The van der Waals surface area contributed by atoms with Gasteiger partial charge in [0.2, 0.25) is 0 Å². The number of carbonyl (C=O) groups is 1. The maximum atomic E-state index is 10.9. The number of hydrogen-bond donors (Lipinski definition) is 3. The van der Waals surface area contributed by atoms with Gasteiger partial charge in [-0.2, -0.15) is 0 Å². The van der Waals surface area contributed by atoms with Gasteiger partial charge < -0.3 is 16.2 Å². The summed E-state index contributed by atoms with van der Waals surface area (Å²) in [6.07, 6.45) is 5.12. The summed E-state index contributed by atoms with van der Waals surface area (Å²) < 4.78 is 0. The van der Waals surface area contributed by atoms with Crippen LogP contribution >= 0.6 is 0 Å². The molecule has 0 heterocycles. The van der Waals surface area contributed by atoms with Gasteiger partial charge in [0.05, 0.1) is 17.8 Å². The van der Waals surface area contributed by atoms with Gasteiger partial charge in [0.1, 0.15) is 0 Å². The monoisotopic (exact) mass is 198 g/mol. The molecule has 0 spiro atoms. The van der Waals surface area contributed by atoms with E-state index in [4.69, 9.17) is 5.73 Å². The van der Waals surface area contributed by atoms with E-state index in [9.17, 15) is 9.90 Å². The molecule has 80 valence electrons. The summed E-state index contributed by atoms with van der Waals surface area (Å²) in [4.78, 5) is 10.9. The van der Waals surface area contributed by atoms with Crippen LogP contribution in [0.2, 0.25) is 0 Å². The van der Waals surface area contributed by atoms with Crippen molar-refractivity contribution in [3.05, 3.63) is 11.8 Å². The molecule has 4 nitrogen and oxygen atoms in total. The summed E-state index contributed by atoms with van der Waals surface area (Å²) in [5.74, 6) is -0.467. The highest BCUT2D eigenvalue weighted by molar-refractivity contribution is 5.91. The Morgan fingerprint density at radius 2 is 2.14 bits per heavy atom.